The number of aliphatic hydroxyl groups excluding tert-OH is 2. The number of hydroxylamine groups is 2. The van der Waals surface area contributed by atoms with Gasteiger partial charge in [0.25, 0.3) is 0 Å². The Morgan fingerprint density at radius 2 is 1.86 bits per heavy atom. The molecular weight excluding hydrogens is 182 g/mol. The molecule has 1 rings (SSSR count). The van der Waals surface area contributed by atoms with E-state index in [1.807, 2.05) is 13.8 Å². The zero-order valence-electron chi connectivity index (χ0n) is 8.99. The molecule has 2 N–H and O–H groups in total. The summed E-state index contributed by atoms with van der Waals surface area (Å²) in [6.45, 7) is 3.44. The molecule has 0 amide bonds. The second kappa shape index (κ2) is 4.14. The predicted octanol–water partition coefficient (Wildman–Crippen LogP) is 0.710. The van der Waals surface area contributed by atoms with Crippen LogP contribution >= 0.6 is 0 Å². The van der Waals surface area contributed by atoms with E-state index in [1.54, 1.807) is 0 Å². The quantitative estimate of drug-likeness (QED) is 0.705. The zero-order chi connectivity index (χ0) is 10.8. The number of rotatable bonds is 4. The highest BCUT2D eigenvalue weighted by atomic mass is 16.5. The monoisotopic (exact) mass is 202 g/mol. The molecule has 1 unspecified atom stereocenters. The first-order valence-electron chi connectivity index (χ1n) is 5.24. The van der Waals surface area contributed by atoms with Gasteiger partial charge in [0.2, 0.25) is 0 Å². The molecule has 1 fully saturated rings. The first-order valence-corrected chi connectivity index (χ1v) is 5.24. The zero-order valence-corrected chi connectivity index (χ0v) is 8.99. The van der Waals surface area contributed by atoms with E-state index in [-0.39, 0.29) is 13.2 Å². The van der Waals surface area contributed by atoms with E-state index < -0.39 is 11.1 Å². The van der Waals surface area contributed by atoms with Crippen LogP contribution in [0.25, 0.3) is 0 Å². The van der Waals surface area contributed by atoms with E-state index in [9.17, 15) is 15.4 Å². The Morgan fingerprint density at radius 3 is 2.21 bits per heavy atom. The molecule has 0 aliphatic carbocycles. The Hall–Kier alpha value is -0.160. The molecule has 14 heavy (non-hydrogen) atoms. The van der Waals surface area contributed by atoms with Crippen LogP contribution in [0.2, 0.25) is 0 Å². The van der Waals surface area contributed by atoms with E-state index >= 15 is 0 Å². The maximum Gasteiger partial charge on any atom is 0.0959 e. The number of aliphatic hydroxyl groups is 2. The average molecular weight is 202 g/mol. The summed E-state index contributed by atoms with van der Waals surface area (Å²) in [6.07, 6.45) is 3.10. The maximum atomic E-state index is 12.0. The largest absolute Gasteiger partial charge is 0.394 e. The van der Waals surface area contributed by atoms with Crippen molar-refractivity contribution >= 4 is 0 Å². The van der Waals surface area contributed by atoms with Crippen LogP contribution in [0.5, 0.6) is 0 Å². The summed E-state index contributed by atoms with van der Waals surface area (Å²) in [7, 11) is 0. The van der Waals surface area contributed by atoms with Crippen molar-refractivity contribution in [2.45, 2.75) is 50.6 Å². The highest BCUT2D eigenvalue weighted by molar-refractivity contribution is 5.02. The maximum absolute atomic E-state index is 12.0. The molecule has 0 aromatic rings. The second-order valence-electron chi connectivity index (χ2n) is 4.58. The van der Waals surface area contributed by atoms with Crippen molar-refractivity contribution in [2.24, 2.45) is 0 Å². The van der Waals surface area contributed by atoms with E-state index in [0.29, 0.717) is 6.42 Å². The fraction of sp³-hybridized carbons (Fsp3) is 1.00. The van der Waals surface area contributed by atoms with Gasteiger partial charge in [-0.1, -0.05) is 13.3 Å². The van der Waals surface area contributed by atoms with Crippen molar-refractivity contribution in [2.75, 3.05) is 13.2 Å². The molecule has 1 atom stereocenters. The lowest BCUT2D eigenvalue weighted by Crippen LogP contribution is -2.54. The molecule has 1 saturated heterocycles. The molecular formula is C10H20NO3. The number of nitrogens with zero attached hydrogens (tertiary/aromatic N) is 1. The van der Waals surface area contributed by atoms with Gasteiger partial charge in [-0.15, -0.1) is 10.3 Å². The Kier molecular flexibility index (Phi) is 3.53. The molecule has 1 aliphatic heterocycles. The summed E-state index contributed by atoms with van der Waals surface area (Å²) < 4.78 is 0. The molecule has 0 spiro atoms. The summed E-state index contributed by atoms with van der Waals surface area (Å²) >= 11 is 0. The van der Waals surface area contributed by atoms with Gasteiger partial charge in [0, 0.05) is 5.54 Å². The Bertz CT molecular complexity index is 194. The van der Waals surface area contributed by atoms with Crippen LogP contribution in [0.3, 0.4) is 0 Å². The molecule has 1 aliphatic rings. The van der Waals surface area contributed by atoms with Gasteiger partial charge < -0.3 is 10.2 Å². The third-order valence-corrected chi connectivity index (χ3v) is 3.43. The van der Waals surface area contributed by atoms with Crippen molar-refractivity contribution in [3.63, 3.8) is 0 Å². The van der Waals surface area contributed by atoms with Crippen molar-refractivity contribution in [3.8, 4) is 0 Å². The van der Waals surface area contributed by atoms with Crippen LogP contribution < -0.4 is 0 Å². The normalized spacial score (nSPS) is 32.4. The van der Waals surface area contributed by atoms with Crippen LogP contribution in [0.4, 0.5) is 0 Å². The molecule has 83 valence electrons. The fourth-order valence-electron chi connectivity index (χ4n) is 2.38. The lowest BCUT2D eigenvalue weighted by Gasteiger charge is -2.36. The van der Waals surface area contributed by atoms with Crippen molar-refractivity contribution in [1.29, 1.82) is 0 Å². The van der Waals surface area contributed by atoms with E-state index in [2.05, 4.69) is 0 Å². The summed E-state index contributed by atoms with van der Waals surface area (Å²) in [4.78, 5) is 0. The average Bonchev–Trinajstić information content (AvgIpc) is 2.43. The van der Waals surface area contributed by atoms with Gasteiger partial charge in [0.1, 0.15) is 0 Å². The van der Waals surface area contributed by atoms with Crippen molar-refractivity contribution < 1.29 is 15.4 Å². The van der Waals surface area contributed by atoms with E-state index in [1.165, 1.54) is 0 Å². The first-order chi connectivity index (χ1) is 6.54. The highest BCUT2D eigenvalue weighted by Crippen LogP contribution is 2.41. The molecule has 1 radical (unpaired) electrons. The van der Waals surface area contributed by atoms with Gasteiger partial charge in [-0.25, -0.2) is 0 Å². The third-order valence-electron chi connectivity index (χ3n) is 3.43. The van der Waals surface area contributed by atoms with Crippen LogP contribution in [0.1, 0.15) is 39.5 Å². The predicted molar refractivity (Wildman–Crippen MR) is 52.0 cm³/mol. The fourth-order valence-corrected chi connectivity index (χ4v) is 2.38. The summed E-state index contributed by atoms with van der Waals surface area (Å²) in [5, 5.41) is 31.3. The lowest BCUT2D eigenvalue weighted by molar-refractivity contribution is -0.272. The minimum atomic E-state index is -0.941. The van der Waals surface area contributed by atoms with Gasteiger partial charge in [-0.3, -0.25) is 0 Å². The Morgan fingerprint density at radius 1 is 1.29 bits per heavy atom. The first kappa shape index (κ1) is 11.9. The Labute approximate surface area is 85.1 Å². The van der Waals surface area contributed by atoms with Gasteiger partial charge in [0.15, 0.2) is 0 Å². The van der Waals surface area contributed by atoms with Gasteiger partial charge in [0.05, 0.1) is 18.8 Å². The SMILES string of the molecule is CCCC1(C)CCC(CO)(CO)N1[O]. The van der Waals surface area contributed by atoms with Crippen molar-refractivity contribution in [3.05, 3.63) is 0 Å². The molecule has 0 bridgehead atoms. The smallest absolute Gasteiger partial charge is 0.0959 e. The van der Waals surface area contributed by atoms with Gasteiger partial charge in [-0.05, 0) is 26.2 Å². The van der Waals surface area contributed by atoms with Crippen LogP contribution in [0, 0.1) is 0 Å². The molecule has 1 heterocycles. The summed E-state index contributed by atoms with van der Waals surface area (Å²) in [6, 6.07) is 0. The van der Waals surface area contributed by atoms with E-state index in [0.717, 1.165) is 24.3 Å². The minimum absolute atomic E-state index is 0.258. The molecule has 4 heteroatoms. The topological polar surface area (TPSA) is 63.6 Å². The number of hydrogen-bond donors (Lipinski definition) is 2. The third kappa shape index (κ3) is 1.67. The van der Waals surface area contributed by atoms with Gasteiger partial charge >= 0.3 is 0 Å². The Balaban J connectivity index is 2.80. The summed E-state index contributed by atoms with van der Waals surface area (Å²) in [5.41, 5.74) is -1.34. The van der Waals surface area contributed by atoms with Crippen LogP contribution in [-0.4, -0.2) is 39.6 Å². The molecule has 0 aromatic carbocycles. The molecule has 0 aromatic heterocycles. The van der Waals surface area contributed by atoms with Crippen molar-refractivity contribution in [1.82, 2.24) is 5.06 Å². The molecule has 4 nitrogen and oxygen atoms in total. The van der Waals surface area contributed by atoms with Crippen LogP contribution in [-0.2, 0) is 5.21 Å². The van der Waals surface area contributed by atoms with E-state index in [4.69, 9.17) is 0 Å². The molecule has 0 saturated carbocycles. The lowest BCUT2D eigenvalue weighted by atomic mass is 9.94. The second-order valence-corrected chi connectivity index (χ2v) is 4.58. The highest BCUT2D eigenvalue weighted by Gasteiger charge is 2.52. The minimum Gasteiger partial charge on any atom is -0.394 e. The standard InChI is InChI=1S/C10H20NO3/c1-3-4-9(2)5-6-10(7-12,8-13)11(9)14/h12-13H,3-8H2,1-2H3. The van der Waals surface area contributed by atoms with Gasteiger partial charge in [-0.2, -0.15) is 0 Å². The number of hydrogen-bond acceptors (Lipinski definition) is 3. The summed E-state index contributed by atoms with van der Waals surface area (Å²) in [5.74, 6) is 0. The van der Waals surface area contributed by atoms with Crippen LogP contribution in [0.15, 0.2) is 0 Å².